The van der Waals surface area contributed by atoms with E-state index in [1.165, 1.54) is 64.3 Å². The van der Waals surface area contributed by atoms with Crippen LogP contribution in [0.1, 0.15) is 57.8 Å². The highest BCUT2D eigenvalue weighted by molar-refractivity contribution is 4.99. The van der Waals surface area contributed by atoms with E-state index in [-0.39, 0.29) is 0 Å². The molecular formula is C16H28N2. The number of fused-ring (bicyclic) bond motifs is 2. The summed E-state index contributed by atoms with van der Waals surface area (Å²) in [5.74, 6) is 3.27. The van der Waals surface area contributed by atoms with Gasteiger partial charge in [0.15, 0.2) is 0 Å². The Bertz CT molecular complexity index is 282. The Morgan fingerprint density at radius 1 is 0.889 bits per heavy atom. The Labute approximate surface area is 111 Å². The highest BCUT2D eigenvalue weighted by Crippen LogP contribution is 2.50. The first-order chi connectivity index (χ1) is 8.81. The standard InChI is InChI=1S/C16H28N2/c17-13-8-14-2-1-3-15(9-13)18(14)10-16(11-4-5-11)12-6-7-12/h11-16H,1-10,17H2. The molecule has 0 aromatic rings. The van der Waals surface area contributed by atoms with Crippen LogP contribution in [0.3, 0.4) is 0 Å². The highest BCUT2D eigenvalue weighted by Gasteiger charge is 2.45. The molecule has 2 N–H and O–H groups in total. The maximum atomic E-state index is 6.24. The van der Waals surface area contributed by atoms with E-state index >= 15 is 0 Å². The van der Waals surface area contributed by atoms with E-state index in [4.69, 9.17) is 5.73 Å². The monoisotopic (exact) mass is 248 g/mol. The summed E-state index contributed by atoms with van der Waals surface area (Å²) >= 11 is 0. The molecule has 2 unspecified atom stereocenters. The molecule has 0 aromatic carbocycles. The van der Waals surface area contributed by atoms with Crippen LogP contribution in [0.2, 0.25) is 0 Å². The summed E-state index contributed by atoms with van der Waals surface area (Å²) in [6.45, 7) is 1.43. The molecule has 102 valence electrons. The van der Waals surface area contributed by atoms with E-state index < -0.39 is 0 Å². The molecule has 2 heteroatoms. The van der Waals surface area contributed by atoms with Crippen molar-refractivity contribution in [2.45, 2.75) is 75.9 Å². The summed E-state index contributed by atoms with van der Waals surface area (Å²) in [5, 5.41) is 0. The van der Waals surface area contributed by atoms with Crippen molar-refractivity contribution >= 4 is 0 Å². The van der Waals surface area contributed by atoms with E-state index in [1.807, 2.05) is 0 Å². The third-order valence-electron chi connectivity index (χ3n) is 6.04. The largest absolute Gasteiger partial charge is 0.328 e. The lowest BCUT2D eigenvalue weighted by molar-refractivity contribution is 0.0127. The van der Waals surface area contributed by atoms with Crippen LogP contribution in [-0.2, 0) is 0 Å². The van der Waals surface area contributed by atoms with Gasteiger partial charge in [0.2, 0.25) is 0 Å². The Morgan fingerprint density at radius 2 is 1.44 bits per heavy atom. The van der Waals surface area contributed by atoms with Crippen molar-refractivity contribution in [3.05, 3.63) is 0 Å². The van der Waals surface area contributed by atoms with Crippen molar-refractivity contribution in [1.29, 1.82) is 0 Å². The molecule has 2 aliphatic carbocycles. The molecule has 2 heterocycles. The zero-order chi connectivity index (χ0) is 12.1. The lowest BCUT2D eigenvalue weighted by Gasteiger charge is -2.49. The van der Waals surface area contributed by atoms with Crippen LogP contribution in [0.15, 0.2) is 0 Å². The number of hydrogen-bond acceptors (Lipinski definition) is 2. The minimum atomic E-state index is 0.497. The molecule has 2 atom stereocenters. The average Bonchev–Trinajstić information content (AvgIpc) is 3.20. The SMILES string of the molecule is NC1CC2CCCC(C1)N2CC(C1CC1)C1CC1. The minimum absolute atomic E-state index is 0.497. The van der Waals surface area contributed by atoms with Gasteiger partial charge in [0.05, 0.1) is 0 Å². The van der Waals surface area contributed by atoms with Crippen LogP contribution >= 0.6 is 0 Å². The van der Waals surface area contributed by atoms with Crippen molar-refractivity contribution in [1.82, 2.24) is 4.90 Å². The molecule has 0 amide bonds. The maximum Gasteiger partial charge on any atom is 0.0113 e. The predicted octanol–water partition coefficient (Wildman–Crippen LogP) is 2.77. The number of nitrogens with two attached hydrogens (primary N) is 1. The van der Waals surface area contributed by atoms with Crippen LogP contribution in [0, 0.1) is 17.8 Å². The minimum Gasteiger partial charge on any atom is -0.328 e. The summed E-state index contributed by atoms with van der Waals surface area (Å²) < 4.78 is 0. The van der Waals surface area contributed by atoms with Gasteiger partial charge in [-0.25, -0.2) is 0 Å². The number of piperidine rings is 2. The normalized spacial score (nSPS) is 41.3. The van der Waals surface area contributed by atoms with E-state index in [2.05, 4.69) is 4.90 Å². The highest BCUT2D eigenvalue weighted by atomic mass is 15.2. The summed E-state index contributed by atoms with van der Waals surface area (Å²) in [4.78, 5) is 2.91. The molecule has 2 saturated carbocycles. The molecule has 2 nitrogen and oxygen atoms in total. The number of nitrogens with zero attached hydrogens (tertiary/aromatic N) is 1. The van der Waals surface area contributed by atoms with Gasteiger partial charge in [-0.15, -0.1) is 0 Å². The second kappa shape index (κ2) is 4.49. The van der Waals surface area contributed by atoms with Gasteiger partial charge in [0.1, 0.15) is 0 Å². The lowest BCUT2D eigenvalue weighted by atomic mass is 9.80. The molecule has 18 heavy (non-hydrogen) atoms. The van der Waals surface area contributed by atoms with Crippen LogP contribution in [0.5, 0.6) is 0 Å². The molecule has 4 rings (SSSR count). The van der Waals surface area contributed by atoms with Gasteiger partial charge in [0.25, 0.3) is 0 Å². The first-order valence-corrected chi connectivity index (χ1v) is 8.32. The Morgan fingerprint density at radius 3 is 1.94 bits per heavy atom. The molecule has 0 radical (unpaired) electrons. The third kappa shape index (κ3) is 2.22. The average molecular weight is 248 g/mol. The smallest absolute Gasteiger partial charge is 0.0113 e. The van der Waals surface area contributed by atoms with Crippen molar-refractivity contribution in [3.63, 3.8) is 0 Å². The fourth-order valence-electron chi connectivity index (χ4n) is 4.79. The second-order valence-electron chi connectivity index (χ2n) is 7.51. The van der Waals surface area contributed by atoms with Gasteiger partial charge < -0.3 is 5.73 Å². The van der Waals surface area contributed by atoms with Crippen molar-refractivity contribution in [2.24, 2.45) is 23.5 Å². The van der Waals surface area contributed by atoms with Crippen LogP contribution in [0.25, 0.3) is 0 Å². The maximum absolute atomic E-state index is 6.24. The van der Waals surface area contributed by atoms with E-state index in [0.717, 1.165) is 29.8 Å². The molecule has 2 aliphatic heterocycles. The lowest BCUT2D eigenvalue weighted by Crippen LogP contribution is -2.56. The van der Waals surface area contributed by atoms with Crippen LogP contribution in [0.4, 0.5) is 0 Å². The Balaban J connectivity index is 1.45. The molecule has 4 aliphatic rings. The zero-order valence-corrected chi connectivity index (χ0v) is 11.6. The Kier molecular flexibility index (Phi) is 2.92. The molecule has 2 bridgehead atoms. The second-order valence-corrected chi connectivity index (χ2v) is 7.51. The van der Waals surface area contributed by atoms with Crippen molar-refractivity contribution < 1.29 is 0 Å². The van der Waals surface area contributed by atoms with E-state index in [9.17, 15) is 0 Å². The summed E-state index contributed by atoms with van der Waals surface area (Å²) in [7, 11) is 0. The van der Waals surface area contributed by atoms with E-state index in [0.29, 0.717) is 6.04 Å². The van der Waals surface area contributed by atoms with Crippen LogP contribution in [-0.4, -0.2) is 29.6 Å². The summed E-state index contributed by atoms with van der Waals surface area (Å²) in [5.41, 5.74) is 6.24. The van der Waals surface area contributed by atoms with Gasteiger partial charge in [-0.1, -0.05) is 6.42 Å². The van der Waals surface area contributed by atoms with Gasteiger partial charge in [-0.2, -0.15) is 0 Å². The molecule has 2 saturated heterocycles. The summed E-state index contributed by atoms with van der Waals surface area (Å²) in [6, 6.07) is 2.18. The summed E-state index contributed by atoms with van der Waals surface area (Å²) in [6.07, 6.45) is 13.0. The van der Waals surface area contributed by atoms with Crippen molar-refractivity contribution in [3.8, 4) is 0 Å². The van der Waals surface area contributed by atoms with Gasteiger partial charge in [-0.05, 0) is 69.1 Å². The fourth-order valence-corrected chi connectivity index (χ4v) is 4.79. The van der Waals surface area contributed by atoms with Gasteiger partial charge in [0, 0.05) is 24.7 Å². The molecular weight excluding hydrogens is 220 g/mol. The number of rotatable bonds is 4. The topological polar surface area (TPSA) is 29.3 Å². The fraction of sp³-hybridized carbons (Fsp3) is 1.00. The molecule has 0 spiro atoms. The molecule has 0 aromatic heterocycles. The van der Waals surface area contributed by atoms with Gasteiger partial charge in [-0.3, -0.25) is 4.90 Å². The van der Waals surface area contributed by atoms with E-state index in [1.54, 1.807) is 0 Å². The first-order valence-electron chi connectivity index (χ1n) is 8.32. The first kappa shape index (κ1) is 11.7. The number of hydrogen-bond donors (Lipinski definition) is 1. The van der Waals surface area contributed by atoms with Gasteiger partial charge >= 0.3 is 0 Å². The zero-order valence-electron chi connectivity index (χ0n) is 11.6. The molecule has 4 fully saturated rings. The van der Waals surface area contributed by atoms with Crippen molar-refractivity contribution in [2.75, 3.05) is 6.54 Å². The van der Waals surface area contributed by atoms with Crippen LogP contribution < -0.4 is 5.73 Å². The predicted molar refractivity (Wildman–Crippen MR) is 74.3 cm³/mol. The third-order valence-corrected chi connectivity index (χ3v) is 6.04. The quantitative estimate of drug-likeness (QED) is 0.829. The Hall–Kier alpha value is -0.0800.